The molecule has 2 aromatic carbocycles. The van der Waals surface area contributed by atoms with Crippen LogP contribution in [0.1, 0.15) is 49.0 Å². The molecule has 0 radical (unpaired) electrons. The number of fused-ring (bicyclic) bond motifs is 1. The maximum absolute atomic E-state index is 13.4. The second-order valence-corrected chi connectivity index (χ2v) is 10.7. The van der Waals surface area contributed by atoms with Crippen LogP contribution in [0.25, 0.3) is 0 Å². The number of ether oxygens (including phenoxy) is 1. The second-order valence-electron chi connectivity index (χ2n) is 8.43. The molecule has 2 heterocycles. The van der Waals surface area contributed by atoms with Crippen molar-refractivity contribution in [3.63, 3.8) is 0 Å². The Morgan fingerprint density at radius 3 is 2.45 bits per heavy atom. The Balaban J connectivity index is 1.69. The molecule has 0 aliphatic carbocycles. The van der Waals surface area contributed by atoms with Crippen LogP contribution in [0, 0.1) is 0 Å². The highest BCUT2D eigenvalue weighted by Gasteiger charge is 2.34. The van der Waals surface area contributed by atoms with E-state index in [-0.39, 0.29) is 41.1 Å². The lowest BCUT2D eigenvalue weighted by molar-refractivity contribution is -0.0440. The lowest BCUT2D eigenvalue weighted by atomic mass is 9.91. The van der Waals surface area contributed by atoms with Gasteiger partial charge in [0.05, 0.1) is 17.2 Å². The number of carbonyl (C=O) groups is 1. The summed E-state index contributed by atoms with van der Waals surface area (Å²) in [6, 6.07) is 12.4. The van der Waals surface area contributed by atoms with Crippen molar-refractivity contribution in [3.05, 3.63) is 58.6 Å². The summed E-state index contributed by atoms with van der Waals surface area (Å²) < 4.78 is 33.8. The molecule has 1 saturated heterocycles. The molecule has 0 saturated carbocycles. The number of benzene rings is 2. The van der Waals surface area contributed by atoms with Gasteiger partial charge in [0.25, 0.3) is 5.91 Å². The number of anilines is 1. The van der Waals surface area contributed by atoms with Crippen LogP contribution in [-0.2, 0) is 14.8 Å². The van der Waals surface area contributed by atoms with Crippen LogP contribution < -0.4 is 4.90 Å². The fraction of sp³-hybridized carbons (Fsp3) is 0.435. The Hall–Kier alpha value is -1.93. The number of morpholine rings is 1. The van der Waals surface area contributed by atoms with E-state index in [4.69, 9.17) is 16.3 Å². The Morgan fingerprint density at radius 2 is 1.74 bits per heavy atom. The number of rotatable bonds is 3. The van der Waals surface area contributed by atoms with Gasteiger partial charge in [-0.15, -0.1) is 0 Å². The van der Waals surface area contributed by atoms with Gasteiger partial charge in [-0.2, -0.15) is 4.31 Å². The highest BCUT2D eigenvalue weighted by molar-refractivity contribution is 7.89. The number of halogens is 1. The number of amides is 1. The van der Waals surface area contributed by atoms with Crippen LogP contribution in [0.15, 0.2) is 47.4 Å². The van der Waals surface area contributed by atoms with E-state index >= 15 is 0 Å². The first kappa shape index (κ1) is 22.3. The van der Waals surface area contributed by atoms with Crippen LogP contribution in [0.2, 0.25) is 5.02 Å². The van der Waals surface area contributed by atoms with Crippen LogP contribution >= 0.6 is 11.6 Å². The van der Waals surface area contributed by atoms with E-state index in [0.717, 1.165) is 17.7 Å². The van der Waals surface area contributed by atoms with Gasteiger partial charge < -0.3 is 9.64 Å². The van der Waals surface area contributed by atoms with Crippen molar-refractivity contribution in [2.24, 2.45) is 0 Å². The number of hydrogen-bond donors (Lipinski definition) is 0. The Labute approximate surface area is 188 Å². The minimum absolute atomic E-state index is 0.0417. The number of hydrogen-bond acceptors (Lipinski definition) is 4. The van der Waals surface area contributed by atoms with Crippen molar-refractivity contribution in [2.45, 2.75) is 50.2 Å². The Bertz CT molecular complexity index is 1090. The molecular weight excluding hydrogens is 436 g/mol. The molecule has 3 unspecified atom stereocenters. The molecule has 0 N–H and O–H groups in total. The third-order valence-corrected chi connectivity index (χ3v) is 8.28. The molecule has 4 rings (SSSR count). The summed E-state index contributed by atoms with van der Waals surface area (Å²) in [6.07, 6.45) is 0.424. The fourth-order valence-electron chi connectivity index (χ4n) is 4.42. The summed E-state index contributed by atoms with van der Waals surface area (Å²) in [7, 11) is -3.86. The zero-order chi connectivity index (χ0) is 22.3. The van der Waals surface area contributed by atoms with Crippen LogP contribution in [0.4, 0.5) is 5.69 Å². The molecule has 0 aromatic heterocycles. The molecule has 0 bridgehead atoms. The summed E-state index contributed by atoms with van der Waals surface area (Å²) in [5.74, 6) is 0.142. The van der Waals surface area contributed by atoms with Gasteiger partial charge in [-0.3, -0.25) is 4.79 Å². The van der Waals surface area contributed by atoms with E-state index in [1.807, 2.05) is 38.1 Å². The summed E-state index contributed by atoms with van der Waals surface area (Å²) >= 11 is 6.30. The van der Waals surface area contributed by atoms with Gasteiger partial charge in [-0.1, -0.05) is 36.7 Å². The van der Waals surface area contributed by atoms with Crippen molar-refractivity contribution >= 4 is 33.2 Å². The lowest BCUT2D eigenvalue weighted by Gasteiger charge is -2.35. The Kier molecular flexibility index (Phi) is 6.14. The number of sulfonamides is 1. The molecule has 3 atom stereocenters. The van der Waals surface area contributed by atoms with Gasteiger partial charge in [-0.25, -0.2) is 8.42 Å². The number of nitrogens with zero attached hydrogens (tertiary/aromatic N) is 2. The zero-order valence-corrected chi connectivity index (χ0v) is 19.5. The van der Waals surface area contributed by atoms with Gasteiger partial charge in [-0.05, 0) is 56.0 Å². The summed E-state index contributed by atoms with van der Waals surface area (Å²) in [5, 5.41) is 0.107. The molecule has 2 aromatic rings. The average molecular weight is 463 g/mol. The molecular formula is C23H27ClN2O4S. The summed E-state index contributed by atoms with van der Waals surface area (Å²) in [5.41, 5.74) is 2.31. The van der Waals surface area contributed by atoms with Gasteiger partial charge in [0, 0.05) is 30.9 Å². The van der Waals surface area contributed by atoms with Crippen LogP contribution in [-0.4, -0.2) is 50.5 Å². The van der Waals surface area contributed by atoms with E-state index < -0.39 is 10.0 Å². The molecule has 0 spiro atoms. The monoisotopic (exact) mass is 462 g/mol. The normalized spacial score (nSPS) is 24.6. The van der Waals surface area contributed by atoms with Gasteiger partial charge in [0.15, 0.2) is 0 Å². The van der Waals surface area contributed by atoms with Crippen molar-refractivity contribution in [1.29, 1.82) is 0 Å². The molecule has 2 aliphatic heterocycles. The standard InChI is InChI=1S/C23H27ClN2O4S/c1-15-10-11-26(21-7-5-4-6-19(15)21)23(27)18-8-9-20(24)22(12-18)31(28,29)25-13-16(2)30-17(3)14-25/h4-9,12,15-17H,10-11,13-14H2,1-3H3. The number of carbonyl (C=O) groups excluding carboxylic acids is 1. The van der Waals surface area contributed by atoms with E-state index in [1.54, 1.807) is 11.0 Å². The fourth-order valence-corrected chi connectivity index (χ4v) is 6.51. The van der Waals surface area contributed by atoms with E-state index in [2.05, 4.69) is 6.92 Å². The average Bonchev–Trinajstić information content (AvgIpc) is 2.73. The predicted molar refractivity (Wildman–Crippen MR) is 121 cm³/mol. The SMILES string of the molecule is CC1CN(S(=O)(=O)c2cc(C(=O)N3CCC(C)c4ccccc43)ccc2Cl)CC(C)O1. The minimum atomic E-state index is -3.86. The number of para-hydroxylation sites is 1. The van der Waals surface area contributed by atoms with Crippen molar-refractivity contribution in [3.8, 4) is 0 Å². The van der Waals surface area contributed by atoms with Crippen molar-refractivity contribution in [2.75, 3.05) is 24.5 Å². The maximum Gasteiger partial charge on any atom is 0.258 e. The van der Waals surface area contributed by atoms with Crippen LogP contribution in [0.5, 0.6) is 0 Å². The molecule has 1 amide bonds. The third-order valence-electron chi connectivity index (χ3n) is 5.97. The Morgan fingerprint density at radius 1 is 1.06 bits per heavy atom. The predicted octanol–water partition coefficient (Wildman–Crippen LogP) is 4.29. The smallest absolute Gasteiger partial charge is 0.258 e. The van der Waals surface area contributed by atoms with Gasteiger partial charge >= 0.3 is 0 Å². The molecule has 2 aliphatic rings. The first-order valence-electron chi connectivity index (χ1n) is 10.5. The largest absolute Gasteiger partial charge is 0.373 e. The van der Waals surface area contributed by atoms with E-state index in [1.165, 1.54) is 16.4 Å². The van der Waals surface area contributed by atoms with Crippen molar-refractivity contribution in [1.82, 2.24) is 4.31 Å². The first-order chi connectivity index (χ1) is 14.7. The van der Waals surface area contributed by atoms with E-state index in [0.29, 0.717) is 18.0 Å². The summed E-state index contributed by atoms with van der Waals surface area (Å²) in [6.45, 7) is 6.92. The first-order valence-corrected chi connectivity index (χ1v) is 12.4. The lowest BCUT2D eigenvalue weighted by Crippen LogP contribution is -2.48. The molecule has 166 valence electrons. The van der Waals surface area contributed by atoms with Crippen LogP contribution in [0.3, 0.4) is 0 Å². The molecule has 8 heteroatoms. The molecule has 1 fully saturated rings. The van der Waals surface area contributed by atoms with Crippen molar-refractivity contribution < 1.29 is 17.9 Å². The second kappa shape index (κ2) is 8.54. The van der Waals surface area contributed by atoms with Gasteiger partial charge in [0.2, 0.25) is 10.0 Å². The maximum atomic E-state index is 13.4. The van der Waals surface area contributed by atoms with E-state index in [9.17, 15) is 13.2 Å². The third kappa shape index (κ3) is 4.24. The highest BCUT2D eigenvalue weighted by Crippen LogP contribution is 2.36. The highest BCUT2D eigenvalue weighted by atomic mass is 35.5. The summed E-state index contributed by atoms with van der Waals surface area (Å²) in [4.78, 5) is 15.1. The topological polar surface area (TPSA) is 66.9 Å². The zero-order valence-electron chi connectivity index (χ0n) is 17.9. The molecule has 6 nitrogen and oxygen atoms in total. The molecule has 31 heavy (non-hydrogen) atoms. The van der Waals surface area contributed by atoms with Gasteiger partial charge in [0.1, 0.15) is 4.90 Å². The quantitative estimate of drug-likeness (QED) is 0.682. The minimum Gasteiger partial charge on any atom is -0.373 e.